The second-order valence-corrected chi connectivity index (χ2v) is 4.21. The normalized spacial score (nSPS) is 26.0. The molecule has 2 unspecified atom stereocenters. The third-order valence-electron chi connectivity index (χ3n) is 1.99. The summed E-state index contributed by atoms with van der Waals surface area (Å²) < 4.78 is 4.98. The zero-order valence-corrected chi connectivity index (χ0v) is 8.27. The molecule has 4 heteroatoms. The van der Waals surface area contributed by atoms with Crippen LogP contribution in [-0.2, 0) is 4.74 Å². The van der Waals surface area contributed by atoms with Crippen LogP contribution < -0.4 is 5.32 Å². The minimum Gasteiger partial charge on any atom is -0.395 e. The number of aliphatic hydroxyl groups is 1. The summed E-state index contributed by atoms with van der Waals surface area (Å²) in [7, 11) is 1.66. The molecule has 1 saturated heterocycles. The Labute approximate surface area is 77.9 Å². The van der Waals surface area contributed by atoms with Crippen LogP contribution in [0, 0.1) is 0 Å². The molecule has 1 heterocycles. The third kappa shape index (κ3) is 3.31. The van der Waals surface area contributed by atoms with E-state index in [9.17, 15) is 0 Å². The van der Waals surface area contributed by atoms with Crippen molar-refractivity contribution in [3.05, 3.63) is 0 Å². The number of hydrogen-bond donors (Lipinski definition) is 2. The van der Waals surface area contributed by atoms with Gasteiger partial charge in [-0.1, -0.05) is 0 Å². The number of rotatable bonds is 5. The molecule has 1 aliphatic heterocycles. The van der Waals surface area contributed by atoms with E-state index in [1.807, 2.05) is 11.8 Å². The Morgan fingerprint density at radius 3 is 3.08 bits per heavy atom. The van der Waals surface area contributed by atoms with Crippen LogP contribution in [0.1, 0.15) is 6.42 Å². The van der Waals surface area contributed by atoms with Gasteiger partial charge in [0, 0.05) is 18.9 Å². The maximum atomic E-state index is 8.97. The van der Waals surface area contributed by atoms with Gasteiger partial charge in [-0.15, -0.1) is 0 Å². The van der Waals surface area contributed by atoms with E-state index in [-0.39, 0.29) is 12.6 Å². The van der Waals surface area contributed by atoms with Gasteiger partial charge in [-0.25, -0.2) is 0 Å². The topological polar surface area (TPSA) is 41.5 Å². The Hall–Kier alpha value is 0.230. The Morgan fingerprint density at radius 2 is 2.58 bits per heavy atom. The van der Waals surface area contributed by atoms with E-state index in [0.717, 1.165) is 0 Å². The van der Waals surface area contributed by atoms with Crippen LogP contribution in [0.25, 0.3) is 0 Å². The molecule has 0 aromatic carbocycles. The molecule has 0 radical (unpaired) electrons. The van der Waals surface area contributed by atoms with Crippen molar-refractivity contribution < 1.29 is 9.84 Å². The van der Waals surface area contributed by atoms with E-state index in [0.29, 0.717) is 12.6 Å². The van der Waals surface area contributed by atoms with Crippen molar-refractivity contribution in [3.8, 4) is 0 Å². The van der Waals surface area contributed by atoms with Crippen LogP contribution in [0.15, 0.2) is 0 Å². The molecular weight excluding hydrogens is 174 g/mol. The summed E-state index contributed by atoms with van der Waals surface area (Å²) in [4.78, 5) is 0. The van der Waals surface area contributed by atoms with Crippen LogP contribution >= 0.6 is 11.8 Å². The lowest BCUT2D eigenvalue weighted by Crippen LogP contribution is -2.43. The van der Waals surface area contributed by atoms with E-state index < -0.39 is 0 Å². The summed E-state index contributed by atoms with van der Waals surface area (Å²) in [5.74, 6) is 2.41. The van der Waals surface area contributed by atoms with Gasteiger partial charge < -0.3 is 15.2 Å². The fraction of sp³-hybridized carbons (Fsp3) is 1.00. The number of methoxy groups -OCH3 is 1. The Bertz CT molecular complexity index is 118. The maximum absolute atomic E-state index is 8.97. The van der Waals surface area contributed by atoms with Crippen molar-refractivity contribution in [1.29, 1.82) is 0 Å². The highest BCUT2D eigenvalue weighted by Crippen LogP contribution is 2.17. The number of aliphatic hydroxyl groups excluding tert-OH is 1. The second kappa shape index (κ2) is 5.80. The molecular formula is C8H17NO2S. The summed E-state index contributed by atoms with van der Waals surface area (Å²) in [6, 6.07) is 0.681. The predicted molar refractivity (Wildman–Crippen MR) is 51.6 cm³/mol. The average Bonchev–Trinajstić information content (AvgIpc) is 2.56. The van der Waals surface area contributed by atoms with E-state index in [1.165, 1.54) is 17.9 Å². The van der Waals surface area contributed by atoms with E-state index >= 15 is 0 Å². The van der Waals surface area contributed by atoms with Gasteiger partial charge in [0.2, 0.25) is 0 Å². The first kappa shape index (κ1) is 10.3. The Balaban J connectivity index is 2.16. The molecule has 3 nitrogen and oxygen atoms in total. The maximum Gasteiger partial charge on any atom is 0.0638 e. The van der Waals surface area contributed by atoms with Crippen molar-refractivity contribution in [3.63, 3.8) is 0 Å². The van der Waals surface area contributed by atoms with Gasteiger partial charge in [0.05, 0.1) is 19.3 Å². The number of thioether (sulfide) groups is 1. The molecule has 12 heavy (non-hydrogen) atoms. The third-order valence-corrected chi connectivity index (χ3v) is 3.15. The monoisotopic (exact) mass is 191 g/mol. The van der Waals surface area contributed by atoms with Gasteiger partial charge in [0.25, 0.3) is 0 Å². The second-order valence-electron chi connectivity index (χ2n) is 3.06. The smallest absolute Gasteiger partial charge is 0.0638 e. The minimum absolute atomic E-state index is 0.110. The summed E-state index contributed by atoms with van der Waals surface area (Å²) in [5, 5.41) is 12.3. The van der Waals surface area contributed by atoms with Gasteiger partial charge >= 0.3 is 0 Å². The molecule has 0 aromatic heterocycles. The largest absolute Gasteiger partial charge is 0.395 e. The van der Waals surface area contributed by atoms with E-state index in [4.69, 9.17) is 9.84 Å². The van der Waals surface area contributed by atoms with E-state index in [2.05, 4.69) is 5.32 Å². The molecule has 0 spiro atoms. The summed E-state index contributed by atoms with van der Waals surface area (Å²) in [5.41, 5.74) is 0. The first-order valence-corrected chi connectivity index (χ1v) is 5.46. The highest BCUT2D eigenvalue weighted by Gasteiger charge is 2.18. The first-order valence-electron chi connectivity index (χ1n) is 4.30. The summed E-state index contributed by atoms with van der Waals surface area (Å²) in [6.45, 7) is 0.757. The fourth-order valence-corrected chi connectivity index (χ4v) is 2.52. The van der Waals surface area contributed by atoms with Crippen molar-refractivity contribution in [2.75, 3.05) is 31.8 Å². The Morgan fingerprint density at radius 1 is 1.75 bits per heavy atom. The highest BCUT2D eigenvalue weighted by molar-refractivity contribution is 7.99. The summed E-state index contributed by atoms with van der Waals surface area (Å²) >= 11 is 1.97. The average molecular weight is 191 g/mol. The van der Waals surface area contributed by atoms with Crippen molar-refractivity contribution in [2.45, 2.75) is 18.5 Å². The molecule has 1 rings (SSSR count). The summed E-state index contributed by atoms with van der Waals surface area (Å²) in [6.07, 6.45) is 1.21. The minimum atomic E-state index is 0.110. The number of ether oxygens (including phenoxy) is 1. The van der Waals surface area contributed by atoms with Gasteiger partial charge in [0.15, 0.2) is 0 Å². The Kier molecular flexibility index (Phi) is 4.99. The van der Waals surface area contributed by atoms with Crippen molar-refractivity contribution in [1.82, 2.24) is 5.32 Å². The lowest BCUT2D eigenvalue weighted by atomic mass is 10.2. The SMILES string of the molecule is COCC(CO)NC1CCSC1. The van der Waals surface area contributed by atoms with Gasteiger partial charge in [-0.05, 0) is 12.2 Å². The number of nitrogens with one attached hydrogen (secondary N) is 1. The molecule has 2 atom stereocenters. The van der Waals surface area contributed by atoms with Crippen LogP contribution in [-0.4, -0.2) is 49.0 Å². The van der Waals surface area contributed by atoms with Crippen LogP contribution in [0.3, 0.4) is 0 Å². The molecule has 0 amide bonds. The van der Waals surface area contributed by atoms with E-state index in [1.54, 1.807) is 7.11 Å². The molecule has 72 valence electrons. The quantitative estimate of drug-likeness (QED) is 0.646. The van der Waals surface area contributed by atoms with Gasteiger partial charge in [0.1, 0.15) is 0 Å². The van der Waals surface area contributed by atoms with Gasteiger partial charge in [-0.2, -0.15) is 11.8 Å². The van der Waals surface area contributed by atoms with Crippen molar-refractivity contribution in [2.24, 2.45) is 0 Å². The predicted octanol–water partition coefficient (Wildman–Crippen LogP) is 0.0888. The first-order chi connectivity index (χ1) is 5.86. The molecule has 1 fully saturated rings. The standard InChI is InChI=1S/C8H17NO2S/c1-11-5-8(4-10)9-7-2-3-12-6-7/h7-10H,2-6H2,1H3. The number of hydrogen-bond acceptors (Lipinski definition) is 4. The lowest BCUT2D eigenvalue weighted by Gasteiger charge is -2.19. The van der Waals surface area contributed by atoms with Crippen LogP contribution in [0.5, 0.6) is 0 Å². The highest BCUT2D eigenvalue weighted by atomic mass is 32.2. The van der Waals surface area contributed by atoms with Crippen LogP contribution in [0.4, 0.5) is 0 Å². The zero-order valence-electron chi connectivity index (χ0n) is 7.45. The molecule has 0 aliphatic carbocycles. The van der Waals surface area contributed by atoms with Crippen LogP contribution in [0.2, 0.25) is 0 Å². The van der Waals surface area contributed by atoms with Gasteiger partial charge in [-0.3, -0.25) is 0 Å². The molecule has 1 aliphatic rings. The lowest BCUT2D eigenvalue weighted by molar-refractivity contribution is 0.124. The molecule has 0 aromatic rings. The van der Waals surface area contributed by atoms with Crippen molar-refractivity contribution >= 4 is 11.8 Å². The molecule has 0 saturated carbocycles. The molecule has 0 bridgehead atoms. The zero-order chi connectivity index (χ0) is 8.81. The molecule has 2 N–H and O–H groups in total. The fourth-order valence-electron chi connectivity index (χ4n) is 1.35.